The van der Waals surface area contributed by atoms with E-state index < -0.39 is 6.04 Å². The van der Waals surface area contributed by atoms with Crippen molar-refractivity contribution in [3.63, 3.8) is 0 Å². The van der Waals surface area contributed by atoms with E-state index in [9.17, 15) is 9.59 Å². The minimum Gasteiger partial charge on any atom is -0.463 e. The molecule has 8 heteroatoms. The number of rotatable bonds is 7. The fourth-order valence-electron chi connectivity index (χ4n) is 3.84. The second-order valence-corrected chi connectivity index (χ2v) is 7.99. The lowest BCUT2D eigenvalue weighted by molar-refractivity contribution is -0.139. The summed E-state index contributed by atoms with van der Waals surface area (Å²) in [5.74, 6) is -0.389. The van der Waals surface area contributed by atoms with Crippen molar-refractivity contribution >= 4 is 40.7 Å². The highest BCUT2D eigenvalue weighted by atomic mass is 32.1. The molecule has 2 amide bonds. The van der Waals surface area contributed by atoms with Crippen LogP contribution in [0.25, 0.3) is 0 Å². The third-order valence-corrected chi connectivity index (χ3v) is 5.82. The molecule has 7 nitrogen and oxygen atoms in total. The average Bonchev–Trinajstić information content (AvgIpc) is 2.79. The number of amides is 2. The summed E-state index contributed by atoms with van der Waals surface area (Å²) in [7, 11) is 0. The minimum atomic E-state index is -0.481. The summed E-state index contributed by atoms with van der Waals surface area (Å²) in [6.45, 7) is 8.60. The van der Waals surface area contributed by atoms with Crippen molar-refractivity contribution < 1.29 is 14.3 Å². The first-order valence-electron chi connectivity index (χ1n) is 11.1. The van der Waals surface area contributed by atoms with Crippen molar-refractivity contribution in [2.45, 2.75) is 40.2 Å². The molecule has 1 aliphatic heterocycles. The van der Waals surface area contributed by atoms with E-state index in [1.54, 1.807) is 13.0 Å². The van der Waals surface area contributed by atoms with Crippen LogP contribution in [0, 0.1) is 0 Å². The molecule has 0 saturated carbocycles. The number of thiocarbonyl (C=S) groups is 1. The maximum atomic E-state index is 12.8. The van der Waals surface area contributed by atoms with Gasteiger partial charge in [0.1, 0.15) is 0 Å². The molecule has 0 fully saturated rings. The van der Waals surface area contributed by atoms with Crippen LogP contribution in [-0.2, 0) is 16.0 Å². The van der Waals surface area contributed by atoms with Crippen molar-refractivity contribution in [2.24, 2.45) is 0 Å². The number of anilines is 2. The Labute approximate surface area is 200 Å². The van der Waals surface area contributed by atoms with Crippen LogP contribution in [-0.4, -0.2) is 35.2 Å². The minimum absolute atomic E-state index is 0.278. The van der Waals surface area contributed by atoms with Gasteiger partial charge < -0.3 is 25.6 Å². The molecule has 1 atom stereocenters. The van der Waals surface area contributed by atoms with Gasteiger partial charge in [-0.2, -0.15) is 0 Å². The normalized spacial score (nSPS) is 15.7. The highest BCUT2D eigenvalue weighted by Gasteiger charge is 2.34. The van der Waals surface area contributed by atoms with Crippen molar-refractivity contribution in [3.05, 3.63) is 70.9 Å². The maximum absolute atomic E-state index is 12.8. The Bertz CT molecular complexity index is 1080. The van der Waals surface area contributed by atoms with Gasteiger partial charge in [-0.15, -0.1) is 0 Å². The molecule has 0 bridgehead atoms. The Kier molecular flexibility index (Phi) is 8.06. The van der Waals surface area contributed by atoms with Gasteiger partial charge in [0.15, 0.2) is 5.11 Å². The van der Waals surface area contributed by atoms with Crippen LogP contribution in [0.3, 0.4) is 0 Å². The molecule has 0 spiro atoms. The first-order valence-corrected chi connectivity index (χ1v) is 11.5. The average molecular weight is 467 g/mol. The summed E-state index contributed by atoms with van der Waals surface area (Å²) >= 11 is 5.53. The predicted octanol–water partition coefficient (Wildman–Crippen LogP) is 4.98. The van der Waals surface area contributed by atoms with Gasteiger partial charge in [-0.3, -0.25) is 0 Å². The number of nitrogens with zero attached hydrogens (tertiary/aromatic N) is 1. The molecular formula is C25H30N4O3S. The monoisotopic (exact) mass is 466 g/mol. The molecule has 1 unspecified atom stereocenters. The van der Waals surface area contributed by atoms with Crippen molar-refractivity contribution in [3.8, 4) is 0 Å². The Morgan fingerprint density at radius 3 is 2.36 bits per heavy atom. The summed E-state index contributed by atoms with van der Waals surface area (Å²) in [5.41, 5.74) is 4.53. The highest BCUT2D eigenvalue weighted by molar-refractivity contribution is 7.80. The third kappa shape index (κ3) is 5.70. The van der Waals surface area contributed by atoms with E-state index in [-0.39, 0.29) is 18.6 Å². The number of allylic oxidation sites excluding steroid dienone is 1. The van der Waals surface area contributed by atoms with Crippen LogP contribution < -0.4 is 16.0 Å². The van der Waals surface area contributed by atoms with E-state index in [2.05, 4.69) is 22.9 Å². The quantitative estimate of drug-likeness (QED) is 0.394. The molecule has 33 heavy (non-hydrogen) atoms. The Morgan fingerprint density at radius 1 is 1.06 bits per heavy atom. The largest absolute Gasteiger partial charge is 0.463 e. The van der Waals surface area contributed by atoms with Crippen molar-refractivity contribution in [1.29, 1.82) is 0 Å². The number of carbonyl (C=O) groups excluding carboxylic acids is 2. The summed E-state index contributed by atoms with van der Waals surface area (Å²) in [6.07, 6.45) is 0.890. The standard InChI is InChI=1S/C25H30N4O3S/c1-5-17-10-8-12-19(14-17)26-24(31)27-20-13-9-11-18(15-20)22-21(23(30)32-7-3)16(4)29(6-2)25(33)28-22/h8-15,22H,5-7H2,1-4H3,(H,28,33)(H2,26,27,31). The lowest BCUT2D eigenvalue weighted by atomic mass is 9.94. The van der Waals surface area contributed by atoms with Crippen LogP contribution >= 0.6 is 12.2 Å². The molecule has 0 saturated heterocycles. The Hall–Kier alpha value is -3.39. The lowest BCUT2D eigenvalue weighted by Gasteiger charge is -2.37. The molecule has 0 radical (unpaired) electrons. The van der Waals surface area contributed by atoms with Crippen molar-refractivity contribution in [2.75, 3.05) is 23.8 Å². The number of benzene rings is 2. The number of aryl methyl sites for hydroxylation is 1. The molecular weight excluding hydrogens is 436 g/mol. The fraction of sp³-hybridized carbons (Fsp3) is 0.320. The van der Waals surface area contributed by atoms with Crippen molar-refractivity contribution in [1.82, 2.24) is 10.2 Å². The smallest absolute Gasteiger partial charge is 0.338 e. The van der Waals surface area contributed by atoms with Crippen LogP contribution in [0.2, 0.25) is 0 Å². The molecule has 2 aromatic carbocycles. The zero-order valence-electron chi connectivity index (χ0n) is 19.4. The van der Waals surface area contributed by atoms with Crippen LogP contribution in [0.1, 0.15) is 44.9 Å². The molecule has 174 valence electrons. The molecule has 0 aliphatic carbocycles. The van der Waals surface area contributed by atoms with Crippen LogP contribution in [0.5, 0.6) is 0 Å². The van der Waals surface area contributed by atoms with E-state index >= 15 is 0 Å². The van der Waals surface area contributed by atoms with E-state index in [0.29, 0.717) is 22.9 Å². The summed E-state index contributed by atoms with van der Waals surface area (Å²) in [5, 5.41) is 9.52. The number of urea groups is 1. The number of hydrogen-bond donors (Lipinski definition) is 3. The lowest BCUT2D eigenvalue weighted by Crippen LogP contribution is -2.47. The summed E-state index contributed by atoms with van der Waals surface area (Å²) in [6, 6.07) is 14.2. The zero-order valence-corrected chi connectivity index (χ0v) is 20.2. The third-order valence-electron chi connectivity index (χ3n) is 5.48. The molecule has 0 aromatic heterocycles. The van der Waals surface area contributed by atoms with Crippen LogP contribution in [0.15, 0.2) is 59.8 Å². The summed E-state index contributed by atoms with van der Waals surface area (Å²) < 4.78 is 5.33. The van der Waals surface area contributed by atoms with Gasteiger partial charge in [0, 0.05) is 23.6 Å². The van der Waals surface area contributed by atoms with E-state index in [1.165, 1.54) is 0 Å². The predicted molar refractivity (Wildman–Crippen MR) is 135 cm³/mol. The van der Waals surface area contributed by atoms with Gasteiger partial charge in [-0.05, 0) is 74.8 Å². The van der Waals surface area contributed by atoms with Gasteiger partial charge in [0.2, 0.25) is 0 Å². The van der Waals surface area contributed by atoms with Gasteiger partial charge in [0.05, 0.1) is 18.2 Å². The Morgan fingerprint density at radius 2 is 1.73 bits per heavy atom. The fourth-order valence-corrected chi connectivity index (χ4v) is 4.23. The Balaban J connectivity index is 1.84. The first-order chi connectivity index (χ1) is 15.9. The highest BCUT2D eigenvalue weighted by Crippen LogP contribution is 2.32. The first kappa shape index (κ1) is 24.3. The van der Waals surface area contributed by atoms with E-state index in [4.69, 9.17) is 17.0 Å². The van der Waals surface area contributed by atoms with Gasteiger partial charge in [0.25, 0.3) is 0 Å². The number of esters is 1. The zero-order chi connectivity index (χ0) is 24.0. The van der Waals surface area contributed by atoms with Gasteiger partial charge >= 0.3 is 12.0 Å². The molecule has 2 aromatic rings. The van der Waals surface area contributed by atoms with Gasteiger partial charge in [-0.25, -0.2) is 9.59 Å². The second kappa shape index (κ2) is 11.0. The second-order valence-electron chi connectivity index (χ2n) is 7.60. The van der Waals surface area contributed by atoms with E-state index in [1.807, 2.05) is 61.2 Å². The molecule has 3 N–H and O–H groups in total. The van der Waals surface area contributed by atoms with Gasteiger partial charge in [-0.1, -0.05) is 31.2 Å². The molecule has 1 aliphatic rings. The molecule has 1 heterocycles. The van der Waals surface area contributed by atoms with Crippen LogP contribution in [0.4, 0.5) is 16.2 Å². The number of hydrogen-bond acceptors (Lipinski definition) is 4. The SMILES string of the molecule is CCOC(=O)C1=C(C)N(CC)C(=S)NC1c1cccc(NC(=O)Nc2cccc(CC)c2)c1. The molecule has 3 rings (SSSR count). The summed E-state index contributed by atoms with van der Waals surface area (Å²) in [4.78, 5) is 27.2. The number of carbonyl (C=O) groups is 2. The maximum Gasteiger partial charge on any atom is 0.338 e. The number of nitrogens with one attached hydrogen (secondary N) is 3. The topological polar surface area (TPSA) is 82.7 Å². The number of ether oxygens (including phenoxy) is 1. The van der Waals surface area contributed by atoms with E-state index in [0.717, 1.165) is 28.9 Å².